The normalized spacial score (nSPS) is 23.5. The molecule has 1 heterocycles. The van der Waals surface area contributed by atoms with Gasteiger partial charge in [-0.2, -0.15) is 0 Å². The molecular formula is C15H20BrNO2. The molecule has 2 unspecified atom stereocenters. The van der Waals surface area contributed by atoms with Gasteiger partial charge in [0.1, 0.15) is 0 Å². The first-order valence-electron chi connectivity index (χ1n) is 6.58. The van der Waals surface area contributed by atoms with Gasteiger partial charge in [-0.15, -0.1) is 0 Å². The van der Waals surface area contributed by atoms with Crippen molar-refractivity contribution in [3.8, 4) is 0 Å². The number of carbonyl (C=O) groups excluding carboxylic acids is 1. The molecular weight excluding hydrogens is 306 g/mol. The van der Waals surface area contributed by atoms with E-state index in [0.29, 0.717) is 13.1 Å². The molecule has 1 amide bonds. The van der Waals surface area contributed by atoms with Crippen molar-refractivity contribution in [1.82, 2.24) is 4.90 Å². The molecule has 1 aromatic carbocycles. The van der Waals surface area contributed by atoms with Gasteiger partial charge < -0.3 is 9.64 Å². The smallest absolute Gasteiger partial charge is 0.254 e. The molecule has 2 rings (SSSR count). The predicted molar refractivity (Wildman–Crippen MR) is 79.9 cm³/mol. The monoisotopic (exact) mass is 325 g/mol. The van der Waals surface area contributed by atoms with Gasteiger partial charge >= 0.3 is 0 Å². The number of nitrogens with zero attached hydrogens (tertiary/aromatic N) is 1. The van der Waals surface area contributed by atoms with Crippen molar-refractivity contribution in [2.45, 2.75) is 33.0 Å². The number of morpholine rings is 1. The lowest BCUT2D eigenvalue weighted by atomic mass is 10.1. The van der Waals surface area contributed by atoms with E-state index in [2.05, 4.69) is 22.0 Å². The Bertz CT molecular complexity index is 455. The van der Waals surface area contributed by atoms with Gasteiger partial charge in [0.25, 0.3) is 5.91 Å². The predicted octanol–water partition coefficient (Wildman–Crippen LogP) is 2.93. The number of aryl methyl sites for hydroxylation is 2. The fourth-order valence-corrected chi connectivity index (χ4v) is 2.93. The van der Waals surface area contributed by atoms with Crippen LogP contribution in [0.1, 0.15) is 28.4 Å². The lowest BCUT2D eigenvalue weighted by Crippen LogP contribution is -2.49. The summed E-state index contributed by atoms with van der Waals surface area (Å²) in [6.07, 6.45) is 0.171. The van der Waals surface area contributed by atoms with Gasteiger partial charge in [-0.25, -0.2) is 0 Å². The van der Waals surface area contributed by atoms with Crippen LogP contribution in [0.3, 0.4) is 0 Å². The van der Waals surface area contributed by atoms with Gasteiger partial charge in [-0.1, -0.05) is 33.1 Å². The number of hydrogen-bond acceptors (Lipinski definition) is 2. The minimum absolute atomic E-state index is 0.0820. The summed E-state index contributed by atoms with van der Waals surface area (Å²) >= 11 is 3.43. The van der Waals surface area contributed by atoms with Crippen molar-refractivity contribution >= 4 is 21.8 Å². The maximum Gasteiger partial charge on any atom is 0.254 e. The Balaban J connectivity index is 2.18. The topological polar surface area (TPSA) is 29.5 Å². The van der Waals surface area contributed by atoms with Crippen LogP contribution in [0.2, 0.25) is 0 Å². The number of amides is 1. The van der Waals surface area contributed by atoms with Crippen LogP contribution in [0.5, 0.6) is 0 Å². The Morgan fingerprint density at radius 3 is 2.53 bits per heavy atom. The highest BCUT2D eigenvalue weighted by Crippen LogP contribution is 2.17. The zero-order valence-corrected chi connectivity index (χ0v) is 13.2. The van der Waals surface area contributed by atoms with Crippen LogP contribution in [0.25, 0.3) is 0 Å². The maximum absolute atomic E-state index is 12.6. The molecule has 1 saturated heterocycles. The second-order valence-corrected chi connectivity index (χ2v) is 5.96. The van der Waals surface area contributed by atoms with Crippen LogP contribution in [-0.2, 0) is 4.74 Å². The zero-order valence-electron chi connectivity index (χ0n) is 11.6. The van der Waals surface area contributed by atoms with Crippen LogP contribution in [0.4, 0.5) is 0 Å². The van der Waals surface area contributed by atoms with E-state index < -0.39 is 0 Å². The molecule has 1 fully saturated rings. The minimum atomic E-state index is 0.0820. The molecule has 0 bridgehead atoms. The molecule has 104 valence electrons. The van der Waals surface area contributed by atoms with Crippen LogP contribution in [-0.4, -0.2) is 41.4 Å². The number of ether oxygens (including phenoxy) is 1. The van der Waals surface area contributed by atoms with Gasteiger partial charge in [0.2, 0.25) is 0 Å². The summed E-state index contributed by atoms with van der Waals surface area (Å²) in [6, 6.07) is 6.00. The number of hydrogen-bond donors (Lipinski definition) is 0. The molecule has 1 aliphatic rings. The third-order valence-corrected chi connectivity index (χ3v) is 3.98. The first-order chi connectivity index (χ1) is 8.99. The number of carbonyl (C=O) groups is 1. The highest BCUT2D eigenvalue weighted by atomic mass is 79.9. The molecule has 0 radical (unpaired) electrons. The number of halogens is 1. The average Bonchev–Trinajstić information content (AvgIpc) is 2.35. The maximum atomic E-state index is 12.6. The zero-order chi connectivity index (χ0) is 14.0. The SMILES string of the molecule is Cc1cc(C)cc(C(=O)N2CC(C)OC(CBr)C2)c1. The molecule has 0 spiro atoms. The van der Waals surface area contributed by atoms with Crippen LogP contribution in [0, 0.1) is 13.8 Å². The van der Waals surface area contributed by atoms with E-state index in [-0.39, 0.29) is 18.1 Å². The molecule has 0 N–H and O–H groups in total. The summed E-state index contributed by atoms with van der Waals surface area (Å²) in [5.41, 5.74) is 3.03. The third kappa shape index (κ3) is 3.57. The Morgan fingerprint density at radius 1 is 1.32 bits per heavy atom. The van der Waals surface area contributed by atoms with Gasteiger partial charge in [-0.05, 0) is 32.9 Å². The van der Waals surface area contributed by atoms with Gasteiger partial charge in [-0.3, -0.25) is 4.79 Å². The third-order valence-electron chi connectivity index (χ3n) is 3.25. The Morgan fingerprint density at radius 2 is 1.95 bits per heavy atom. The first-order valence-corrected chi connectivity index (χ1v) is 7.70. The van der Waals surface area contributed by atoms with Crippen molar-refractivity contribution in [2.24, 2.45) is 0 Å². The fraction of sp³-hybridized carbons (Fsp3) is 0.533. The van der Waals surface area contributed by atoms with E-state index in [1.165, 1.54) is 0 Å². The van der Waals surface area contributed by atoms with E-state index in [1.54, 1.807) is 0 Å². The molecule has 3 nitrogen and oxygen atoms in total. The van der Waals surface area contributed by atoms with Crippen molar-refractivity contribution in [1.29, 1.82) is 0 Å². The average molecular weight is 326 g/mol. The van der Waals surface area contributed by atoms with Crippen molar-refractivity contribution in [2.75, 3.05) is 18.4 Å². The summed E-state index contributed by atoms with van der Waals surface area (Å²) in [6.45, 7) is 7.37. The van der Waals surface area contributed by atoms with Crippen LogP contribution < -0.4 is 0 Å². The van der Waals surface area contributed by atoms with E-state index in [0.717, 1.165) is 22.0 Å². The largest absolute Gasteiger partial charge is 0.371 e. The Labute approximate surface area is 123 Å². The standard InChI is InChI=1S/C15H20BrNO2/c1-10-4-11(2)6-13(5-10)15(18)17-8-12(3)19-14(7-16)9-17/h4-6,12,14H,7-9H2,1-3H3. The summed E-state index contributed by atoms with van der Waals surface area (Å²) < 4.78 is 5.76. The van der Waals surface area contributed by atoms with Gasteiger partial charge in [0.05, 0.1) is 12.2 Å². The lowest BCUT2D eigenvalue weighted by molar-refractivity contribution is -0.0559. The molecule has 2 atom stereocenters. The molecule has 19 heavy (non-hydrogen) atoms. The molecule has 0 saturated carbocycles. The molecule has 0 aromatic heterocycles. The van der Waals surface area contributed by atoms with Crippen molar-refractivity contribution in [3.63, 3.8) is 0 Å². The van der Waals surface area contributed by atoms with Crippen molar-refractivity contribution < 1.29 is 9.53 Å². The molecule has 0 aliphatic carbocycles. The minimum Gasteiger partial charge on any atom is -0.371 e. The summed E-state index contributed by atoms with van der Waals surface area (Å²) in [5, 5.41) is 0.758. The van der Waals surface area contributed by atoms with E-state index >= 15 is 0 Å². The second-order valence-electron chi connectivity index (χ2n) is 5.31. The van der Waals surface area contributed by atoms with Crippen LogP contribution in [0.15, 0.2) is 18.2 Å². The number of alkyl halides is 1. The van der Waals surface area contributed by atoms with E-state index in [9.17, 15) is 4.79 Å². The summed E-state index contributed by atoms with van der Waals surface area (Å²) in [7, 11) is 0. The number of rotatable bonds is 2. The first kappa shape index (κ1) is 14.5. The number of benzene rings is 1. The second kappa shape index (κ2) is 6.06. The quantitative estimate of drug-likeness (QED) is 0.782. The Hall–Kier alpha value is -0.870. The van der Waals surface area contributed by atoms with Gasteiger partial charge in [0.15, 0.2) is 0 Å². The van der Waals surface area contributed by atoms with Crippen LogP contribution >= 0.6 is 15.9 Å². The highest BCUT2D eigenvalue weighted by molar-refractivity contribution is 9.09. The highest BCUT2D eigenvalue weighted by Gasteiger charge is 2.28. The lowest BCUT2D eigenvalue weighted by Gasteiger charge is -2.36. The van der Waals surface area contributed by atoms with Gasteiger partial charge in [0, 0.05) is 24.0 Å². The van der Waals surface area contributed by atoms with E-state index in [1.807, 2.05) is 37.8 Å². The molecule has 1 aromatic rings. The summed E-state index contributed by atoms with van der Waals surface area (Å²) in [4.78, 5) is 14.5. The fourth-order valence-electron chi connectivity index (χ4n) is 2.58. The van der Waals surface area contributed by atoms with E-state index in [4.69, 9.17) is 4.74 Å². The Kier molecular flexibility index (Phi) is 4.63. The summed E-state index contributed by atoms with van der Waals surface area (Å²) in [5.74, 6) is 0.105. The molecule has 1 aliphatic heterocycles. The van der Waals surface area contributed by atoms with Crippen molar-refractivity contribution in [3.05, 3.63) is 34.9 Å². The molecule has 4 heteroatoms.